The van der Waals surface area contributed by atoms with Crippen molar-refractivity contribution in [3.8, 4) is 44.5 Å². The summed E-state index contributed by atoms with van der Waals surface area (Å²) >= 11 is 0. The van der Waals surface area contributed by atoms with E-state index >= 15 is 0 Å². The number of anilines is 3. The Hall–Kier alpha value is -6.64. The van der Waals surface area contributed by atoms with Gasteiger partial charge in [-0.25, -0.2) is 0 Å². The minimum absolute atomic E-state index is 0.868. The third-order valence-corrected chi connectivity index (χ3v) is 9.50. The molecular weight excluding hydrogens is 607 g/mol. The Kier molecular flexibility index (Phi) is 7.53. The number of para-hydroxylation sites is 1. The molecule has 0 aliphatic heterocycles. The lowest BCUT2D eigenvalue weighted by molar-refractivity contribution is 0.669. The van der Waals surface area contributed by atoms with Crippen LogP contribution >= 0.6 is 0 Å². The topological polar surface area (TPSA) is 16.4 Å². The van der Waals surface area contributed by atoms with Crippen LogP contribution in [-0.4, -0.2) is 0 Å². The van der Waals surface area contributed by atoms with Crippen LogP contribution in [-0.2, 0) is 0 Å². The van der Waals surface area contributed by atoms with E-state index in [0.29, 0.717) is 0 Å². The Balaban J connectivity index is 1.22. The van der Waals surface area contributed by atoms with E-state index < -0.39 is 0 Å². The summed E-state index contributed by atoms with van der Waals surface area (Å²) in [6.07, 6.45) is 0. The summed E-state index contributed by atoms with van der Waals surface area (Å²) in [5.41, 5.74) is 14.5. The maximum Gasteiger partial charge on any atom is 0.137 e. The minimum atomic E-state index is 0.868. The fourth-order valence-electron chi connectivity index (χ4n) is 7.18. The molecule has 50 heavy (non-hydrogen) atoms. The average molecular weight is 640 g/mol. The zero-order valence-electron chi connectivity index (χ0n) is 27.4. The largest absolute Gasteiger partial charge is 0.456 e. The van der Waals surface area contributed by atoms with Crippen LogP contribution < -0.4 is 4.90 Å². The van der Waals surface area contributed by atoms with Crippen LogP contribution in [0.1, 0.15) is 0 Å². The van der Waals surface area contributed by atoms with Gasteiger partial charge in [-0.2, -0.15) is 0 Å². The molecule has 0 saturated carbocycles. The molecule has 236 valence electrons. The molecule has 0 aliphatic carbocycles. The van der Waals surface area contributed by atoms with Crippen molar-refractivity contribution in [1.29, 1.82) is 0 Å². The summed E-state index contributed by atoms with van der Waals surface area (Å²) in [4.78, 5) is 2.37. The standard InChI is InChI=1S/C48H33NO/c1-3-15-34(16-4-1)40-21-7-8-23-42(40)36-29-31-38(32-30-36)49(45-26-14-28-47-48(45)44-25-11-12-27-46(44)50-47)39-20-13-19-37(33-39)43-24-10-9-22-41(43)35-17-5-2-6-18-35/h1-33H. The highest BCUT2D eigenvalue weighted by atomic mass is 16.3. The van der Waals surface area contributed by atoms with Gasteiger partial charge in [0.05, 0.1) is 11.1 Å². The molecule has 1 heterocycles. The zero-order valence-corrected chi connectivity index (χ0v) is 27.4. The van der Waals surface area contributed by atoms with Crippen molar-refractivity contribution >= 4 is 39.0 Å². The Morgan fingerprint density at radius 3 is 1.44 bits per heavy atom. The molecule has 0 spiro atoms. The van der Waals surface area contributed by atoms with Crippen molar-refractivity contribution in [2.45, 2.75) is 0 Å². The van der Waals surface area contributed by atoms with Gasteiger partial charge in [-0.05, 0) is 87.0 Å². The second kappa shape index (κ2) is 12.8. The van der Waals surface area contributed by atoms with Crippen molar-refractivity contribution < 1.29 is 4.42 Å². The van der Waals surface area contributed by atoms with Crippen LogP contribution in [0.15, 0.2) is 205 Å². The fraction of sp³-hybridized carbons (Fsp3) is 0. The summed E-state index contributed by atoms with van der Waals surface area (Å²) in [5.74, 6) is 0. The number of hydrogen-bond donors (Lipinski definition) is 0. The van der Waals surface area contributed by atoms with Crippen molar-refractivity contribution in [2.24, 2.45) is 0 Å². The molecule has 8 aromatic carbocycles. The number of benzene rings is 8. The van der Waals surface area contributed by atoms with Gasteiger partial charge in [0, 0.05) is 16.8 Å². The molecule has 0 fully saturated rings. The van der Waals surface area contributed by atoms with E-state index in [1.54, 1.807) is 0 Å². The molecule has 2 nitrogen and oxygen atoms in total. The summed E-state index contributed by atoms with van der Waals surface area (Å²) in [6, 6.07) is 71.0. The van der Waals surface area contributed by atoms with Gasteiger partial charge in [0.25, 0.3) is 0 Å². The van der Waals surface area contributed by atoms with Crippen LogP contribution in [0.5, 0.6) is 0 Å². The molecule has 0 bridgehead atoms. The third-order valence-electron chi connectivity index (χ3n) is 9.50. The first-order chi connectivity index (χ1) is 24.8. The van der Waals surface area contributed by atoms with Crippen LogP contribution in [0, 0.1) is 0 Å². The molecular formula is C48H33NO. The van der Waals surface area contributed by atoms with Gasteiger partial charge >= 0.3 is 0 Å². The first kappa shape index (κ1) is 29.5. The predicted molar refractivity (Wildman–Crippen MR) is 210 cm³/mol. The van der Waals surface area contributed by atoms with Gasteiger partial charge < -0.3 is 9.32 Å². The Morgan fingerprint density at radius 1 is 0.320 bits per heavy atom. The monoisotopic (exact) mass is 639 g/mol. The molecule has 0 saturated heterocycles. The second-order valence-corrected chi connectivity index (χ2v) is 12.5. The van der Waals surface area contributed by atoms with E-state index in [1.807, 2.05) is 12.1 Å². The van der Waals surface area contributed by atoms with Gasteiger partial charge in [0.1, 0.15) is 11.2 Å². The predicted octanol–water partition coefficient (Wildman–Crippen LogP) is 13.7. The maximum atomic E-state index is 6.38. The summed E-state index contributed by atoms with van der Waals surface area (Å²) in [5, 5.41) is 2.19. The molecule has 9 rings (SSSR count). The second-order valence-electron chi connectivity index (χ2n) is 12.5. The zero-order chi connectivity index (χ0) is 33.3. The molecule has 2 heteroatoms. The maximum absolute atomic E-state index is 6.38. The van der Waals surface area contributed by atoms with E-state index in [1.165, 1.54) is 38.9 Å². The smallest absolute Gasteiger partial charge is 0.137 e. The van der Waals surface area contributed by atoms with Crippen LogP contribution in [0.3, 0.4) is 0 Å². The van der Waals surface area contributed by atoms with Gasteiger partial charge in [-0.3, -0.25) is 0 Å². The SMILES string of the molecule is c1ccc(-c2ccccc2-c2ccc(N(c3cccc(-c4ccccc4-c4ccccc4)c3)c3cccc4oc5ccccc5c34)cc2)cc1. The van der Waals surface area contributed by atoms with Crippen LogP contribution in [0.4, 0.5) is 17.1 Å². The number of furan rings is 1. The van der Waals surface area contributed by atoms with Crippen LogP contribution in [0.2, 0.25) is 0 Å². The highest BCUT2D eigenvalue weighted by Crippen LogP contribution is 2.45. The summed E-state index contributed by atoms with van der Waals surface area (Å²) in [6.45, 7) is 0. The molecule has 1 aromatic heterocycles. The van der Waals surface area contributed by atoms with E-state index in [4.69, 9.17) is 4.42 Å². The fourth-order valence-corrected chi connectivity index (χ4v) is 7.18. The molecule has 9 aromatic rings. The van der Waals surface area contributed by atoms with Crippen molar-refractivity contribution in [3.05, 3.63) is 200 Å². The normalized spacial score (nSPS) is 11.2. The Labute approximate surface area is 292 Å². The van der Waals surface area contributed by atoms with E-state index in [9.17, 15) is 0 Å². The quantitative estimate of drug-likeness (QED) is 0.173. The number of hydrogen-bond acceptors (Lipinski definition) is 2. The Bertz CT molecular complexity index is 2580. The number of fused-ring (bicyclic) bond motifs is 3. The van der Waals surface area contributed by atoms with Gasteiger partial charge in [0.2, 0.25) is 0 Å². The van der Waals surface area contributed by atoms with Gasteiger partial charge in [0.15, 0.2) is 0 Å². The average Bonchev–Trinajstić information content (AvgIpc) is 3.59. The van der Waals surface area contributed by atoms with E-state index in [-0.39, 0.29) is 0 Å². The number of nitrogens with zero attached hydrogens (tertiary/aromatic N) is 1. The van der Waals surface area contributed by atoms with Crippen molar-refractivity contribution in [2.75, 3.05) is 4.90 Å². The summed E-state index contributed by atoms with van der Waals surface area (Å²) < 4.78 is 6.38. The number of rotatable bonds is 7. The van der Waals surface area contributed by atoms with Crippen molar-refractivity contribution in [3.63, 3.8) is 0 Å². The Morgan fingerprint density at radius 2 is 0.800 bits per heavy atom. The molecule has 0 amide bonds. The molecule has 0 unspecified atom stereocenters. The highest BCUT2D eigenvalue weighted by molar-refractivity contribution is 6.13. The highest BCUT2D eigenvalue weighted by Gasteiger charge is 2.20. The van der Waals surface area contributed by atoms with Crippen molar-refractivity contribution in [1.82, 2.24) is 0 Å². The molecule has 0 aliphatic rings. The van der Waals surface area contributed by atoms with Gasteiger partial charge in [-0.1, -0.05) is 158 Å². The first-order valence-corrected chi connectivity index (χ1v) is 17.0. The minimum Gasteiger partial charge on any atom is -0.456 e. The molecule has 0 radical (unpaired) electrons. The third kappa shape index (κ3) is 5.34. The molecule has 0 N–H and O–H groups in total. The van der Waals surface area contributed by atoms with Gasteiger partial charge in [-0.15, -0.1) is 0 Å². The lowest BCUT2D eigenvalue weighted by Gasteiger charge is -2.27. The van der Waals surface area contributed by atoms with Crippen LogP contribution in [0.25, 0.3) is 66.4 Å². The summed E-state index contributed by atoms with van der Waals surface area (Å²) in [7, 11) is 0. The van der Waals surface area contributed by atoms with E-state index in [2.05, 4.69) is 193 Å². The molecule has 0 atom stereocenters. The van der Waals surface area contributed by atoms with E-state index in [0.717, 1.165) is 44.6 Å². The first-order valence-electron chi connectivity index (χ1n) is 17.0. The lowest BCUT2D eigenvalue weighted by atomic mass is 9.94. The lowest BCUT2D eigenvalue weighted by Crippen LogP contribution is -2.10.